The summed E-state index contributed by atoms with van der Waals surface area (Å²) in [6, 6.07) is 20.6. The van der Waals surface area contributed by atoms with Crippen molar-refractivity contribution in [2.75, 3.05) is 16.2 Å². The number of carbonyl (C=O) groups excluding carboxylic acids is 1. The van der Waals surface area contributed by atoms with Crippen LogP contribution in [0.2, 0.25) is 0 Å². The Bertz CT molecular complexity index is 1340. The molecule has 0 spiro atoms. The Kier molecular flexibility index (Phi) is 5.77. The summed E-state index contributed by atoms with van der Waals surface area (Å²) in [4.78, 5) is 13.5. The molecule has 9 heteroatoms. The number of anilines is 2. The van der Waals surface area contributed by atoms with Gasteiger partial charge in [0.25, 0.3) is 15.9 Å². The van der Waals surface area contributed by atoms with Crippen molar-refractivity contribution in [1.29, 1.82) is 0 Å². The Labute approximate surface area is 195 Å². The number of hydrogen-bond acceptors (Lipinski definition) is 4. The van der Waals surface area contributed by atoms with Gasteiger partial charge in [-0.25, -0.2) is 17.3 Å². The van der Waals surface area contributed by atoms with Gasteiger partial charge in [-0.2, -0.15) is 0 Å². The smallest absolute Gasteiger partial charge is 0.264 e. The Morgan fingerprint density at radius 1 is 0.970 bits per heavy atom. The van der Waals surface area contributed by atoms with Crippen LogP contribution in [0.25, 0.3) is 0 Å². The fourth-order valence-corrected chi connectivity index (χ4v) is 6.38. The highest BCUT2D eigenvalue weighted by Gasteiger charge is 2.31. The molecule has 1 aliphatic heterocycles. The van der Waals surface area contributed by atoms with E-state index in [-0.39, 0.29) is 10.5 Å². The SMILES string of the molecule is O=C(Nc1ccc(S(=O)NC2CC2)cc1)c1cccc(S(=O)(=O)N2CCc3ccccc32)c1. The number of fused-ring (bicyclic) bond motifs is 1. The van der Waals surface area contributed by atoms with Gasteiger partial charge in [0.05, 0.1) is 15.5 Å². The Morgan fingerprint density at radius 2 is 1.73 bits per heavy atom. The van der Waals surface area contributed by atoms with Gasteiger partial charge in [-0.3, -0.25) is 9.10 Å². The number of rotatable bonds is 7. The van der Waals surface area contributed by atoms with Crippen LogP contribution >= 0.6 is 0 Å². The van der Waals surface area contributed by atoms with Gasteiger partial charge in [0.1, 0.15) is 11.0 Å². The number of sulfonamides is 1. The number of amides is 1. The maximum Gasteiger partial charge on any atom is 0.264 e. The van der Waals surface area contributed by atoms with E-state index in [9.17, 15) is 17.4 Å². The van der Waals surface area contributed by atoms with E-state index >= 15 is 0 Å². The van der Waals surface area contributed by atoms with E-state index in [1.807, 2.05) is 18.2 Å². The van der Waals surface area contributed by atoms with Crippen molar-refractivity contribution in [2.24, 2.45) is 0 Å². The summed E-state index contributed by atoms with van der Waals surface area (Å²) in [7, 11) is -5.06. The summed E-state index contributed by atoms with van der Waals surface area (Å²) in [5.41, 5.74) is 2.45. The zero-order valence-corrected chi connectivity index (χ0v) is 19.4. The van der Waals surface area contributed by atoms with E-state index in [2.05, 4.69) is 10.0 Å². The average molecular weight is 482 g/mol. The van der Waals surface area contributed by atoms with Crippen molar-refractivity contribution < 1.29 is 17.4 Å². The van der Waals surface area contributed by atoms with Crippen molar-refractivity contribution in [3.05, 3.63) is 83.9 Å². The van der Waals surface area contributed by atoms with Crippen LogP contribution in [0, 0.1) is 0 Å². The van der Waals surface area contributed by atoms with Gasteiger partial charge in [-0.1, -0.05) is 24.3 Å². The molecular formula is C24H23N3O4S2. The molecule has 1 amide bonds. The van der Waals surface area contributed by atoms with E-state index in [1.54, 1.807) is 42.5 Å². The highest BCUT2D eigenvalue weighted by atomic mass is 32.2. The van der Waals surface area contributed by atoms with Gasteiger partial charge < -0.3 is 5.32 Å². The highest BCUT2D eigenvalue weighted by molar-refractivity contribution is 7.92. The van der Waals surface area contributed by atoms with Crippen LogP contribution in [-0.4, -0.2) is 31.1 Å². The molecule has 1 aliphatic carbocycles. The van der Waals surface area contributed by atoms with Crippen molar-refractivity contribution in [3.8, 4) is 0 Å². The molecule has 33 heavy (non-hydrogen) atoms. The average Bonchev–Trinajstić information content (AvgIpc) is 3.53. The van der Waals surface area contributed by atoms with Gasteiger partial charge in [0, 0.05) is 23.8 Å². The molecule has 170 valence electrons. The molecule has 2 aliphatic rings. The van der Waals surface area contributed by atoms with Gasteiger partial charge in [0.15, 0.2) is 0 Å². The predicted octanol–water partition coefficient (Wildman–Crippen LogP) is 3.46. The molecule has 3 aromatic rings. The van der Waals surface area contributed by atoms with Gasteiger partial charge in [-0.05, 0) is 73.4 Å². The van der Waals surface area contributed by atoms with Gasteiger partial charge in [-0.15, -0.1) is 0 Å². The van der Waals surface area contributed by atoms with Crippen molar-refractivity contribution >= 4 is 38.3 Å². The van der Waals surface area contributed by atoms with Gasteiger partial charge >= 0.3 is 0 Å². The third-order valence-electron chi connectivity index (χ3n) is 5.71. The minimum absolute atomic E-state index is 0.0729. The van der Waals surface area contributed by atoms with Crippen LogP contribution in [0.5, 0.6) is 0 Å². The van der Waals surface area contributed by atoms with Crippen LogP contribution in [0.15, 0.2) is 82.6 Å². The van der Waals surface area contributed by atoms with Crippen molar-refractivity contribution in [1.82, 2.24) is 4.72 Å². The summed E-state index contributed by atoms with van der Waals surface area (Å²) in [5, 5.41) is 2.77. The molecule has 0 radical (unpaired) electrons. The first-order valence-corrected chi connectivity index (χ1v) is 13.3. The normalized spacial score (nSPS) is 16.3. The van der Waals surface area contributed by atoms with E-state index < -0.39 is 26.9 Å². The summed E-state index contributed by atoms with van der Waals surface area (Å²) in [6.45, 7) is 0.376. The van der Waals surface area contributed by atoms with E-state index in [4.69, 9.17) is 0 Å². The number of hydrogen-bond donors (Lipinski definition) is 2. The molecule has 0 saturated heterocycles. The molecule has 3 aromatic carbocycles. The first kappa shape index (κ1) is 21.8. The van der Waals surface area contributed by atoms with E-state index in [0.717, 1.165) is 18.4 Å². The minimum atomic E-state index is -3.79. The molecule has 5 rings (SSSR count). The summed E-state index contributed by atoms with van der Waals surface area (Å²) in [5.74, 6) is -0.418. The number of nitrogens with one attached hydrogen (secondary N) is 2. The molecule has 1 unspecified atom stereocenters. The first-order chi connectivity index (χ1) is 15.9. The maximum atomic E-state index is 13.3. The summed E-state index contributed by atoms with van der Waals surface area (Å²) in [6.07, 6.45) is 2.74. The molecule has 1 heterocycles. The van der Waals surface area contributed by atoms with E-state index in [1.165, 1.54) is 16.4 Å². The second-order valence-corrected chi connectivity index (χ2v) is 11.2. The zero-order chi connectivity index (χ0) is 23.0. The number of para-hydroxylation sites is 1. The number of benzene rings is 3. The van der Waals surface area contributed by atoms with Crippen LogP contribution in [0.4, 0.5) is 11.4 Å². The highest BCUT2D eigenvalue weighted by Crippen LogP contribution is 2.32. The second kappa shape index (κ2) is 8.74. The van der Waals surface area contributed by atoms with Crippen molar-refractivity contribution in [2.45, 2.75) is 35.1 Å². The largest absolute Gasteiger partial charge is 0.322 e. The van der Waals surface area contributed by atoms with Crippen molar-refractivity contribution in [3.63, 3.8) is 0 Å². The van der Waals surface area contributed by atoms with E-state index in [0.29, 0.717) is 35.3 Å². The topological polar surface area (TPSA) is 95.6 Å². The monoisotopic (exact) mass is 481 g/mol. The van der Waals surface area contributed by atoms with Crippen LogP contribution in [0.1, 0.15) is 28.8 Å². The fourth-order valence-electron chi connectivity index (χ4n) is 3.77. The lowest BCUT2D eigenvalue weighted by Gasteiger charge is -2.20. The Hall–Kier alpha value is -3.01. The molecule has 1 atom stereocenters. The molecule has 1 saturated carbocycles. The quantitative estimate of drug-likeness (QED) is 0.540. The standard InChI is InChI=1S/C24H23N3O4S2/c28-24(25-19-10-12-21(13-11-19)32(29)26-20-8-9-20)18-5-3-6-22(16-18)33(30,31)27-15-14-17-4-1-2-7-23(17)27/h1-7,10-13,16,20,26H,8-9,14-15H2,(H,25,28). The van der Waals surface area contributed by atoms with Gasteiger partial charge in [0.2, 0.25) is 0 Å². The lowest BCUT2D eigenvalue weighted by Crippen LogP contribution is -2.29. The van der Waals surface area contributed by atoms with Crippen LogP contribution < -0.4 is 14.3 Å². The molecule has 1 fully saturated rings. The molecular weight excluding hydrogens is 458 g/mol. The maximum absolute atomic E-state index is 13.3. The predicted molar refractivity (Wildman–Crippen MR) is 128 cm³/mol. The van der Waals surface area contributed by atoms with Crippen LogP contribution in [-0.2, 0) is 27.4 Å². The zero-order valence-electron chi connectivity index (χ0n) is 17.7. The Morgan fingerprint density at radius 3 is 2.48 bits per heavy atom. The molecule has 2 N–H and O–H groups in total. The minimum Gasteiger partial charge on any atom is -0.322 e. The fraction of sp³-hybridized carbons (Fsp3) is 0.208. The third kappa shape index (κ3) is 4.57. The lowest BCUT2D eigenvalue weighted by atomic mass is 10.2. The first-order valence-electron chi connectivity index (χ1n) is 10.7. The number of carbonyl (C=O) groups is 1. The Balaban J connectivity index is 1.32. The third-order valence-corrected chi connectivity index (χ3v) is 8.76. The number of nitrogens with zero attached hydrogens (tertiary/aromatic N) is 1. The lowest BCUT2D eigenvalue weighted by molar-refractivity contribution is 0.102. The molecule has 7 nitrogen and oxygen atoms in total. The second-order valence-electron chi connectivity index (χ2n) is 8.12. The molecule has 0 aromatic heterocycles. The molecule has 0 bridgehead atoms. The summed E-state index contributed by atoms with van der Waals surface area (Å²) >= 11 is 0. The van der Waals surface area contributed by atoms with Crippen LogP contribution in [0.3, 0.4) is 0 Å². The summed E-state index contributed by atoms with van der Waals surface area (Å²) < 4.78 is 43.2.